The van der Waals surface area contributed by atoms with Gasteiger partial charge in [-0.15, -0.1) is 11.3 Å². The topological polar surface area (TPSA) is 17.1 Å². The molecule has 1 nitrogen and oxygen atoms in total. The van der Waals surface area contributed by atoms with Crippen molar-refractivity contribution in [2.24, 2.45) is 11.8 Å². The van der Waals surface area contributed by atoms with Gasteiger partial charge in [-0.3, -0.25) is 4.79 Å². The standard InChI is InChI=1S/C14H19BrOS/c1-3-10-4-6-11(7-5-10)13(16)12-8-9(2)14(15)17-12/h8,10-11H,3-7H2,1-2H3. The fourth-order valence-electron chi connectivity index (χ4n) is 2.62. The average Bonchev–Trinajstić information content (AvgIpc) is 2.69. The summed E-state index contributed by atoms with van der Waals surface area (Å²) in [5, 5.41) is 0. The van der Waals surface area contributed by atoms with Gasteiger partial charge in [0.05, 0.1) is 8.66 Å². The van der Waals surface area contributed by atoms with Gasteiger partial charge < -0.3 is 0 Å². The minimum atomic E-state index is 0.280. The van der Waals surface area contributed by atoms with Gasteiger partial charge in [-0.05, 0) is 66.1 Å². The molecule has 1 heterocycles. The van der Waals surface area contributed by atoms with E-state index >= 15 is 0 Å². The number of halogens is 1. The molecule has 2 rings (SSSR count). The normalized spacial score (nSPS) is 24.9. The number of carbonyl (C=O) groups excluding carboxylic acids is 1. The second kappa shape index (κ2) is 5.66. The number of aryl methyl sites for hydroxylation is 1. The Labute approximate surface area is 116 Å². The second-order valence-corrected chi connectivity index (χ2v) is 7.43. The van der Waals surface area contributed by atoms with E-state index in [1.807, 2.05) is 13.0 Å². The molecule has 0 spiro atoms. The first kappa shape index (κ1) is 13.3. The van der Waals surface area contributed by atoms with Gasteiger partial charge in [0.2, 0.25) is 0 Å². The summed E-state index contributed by atoms with van der Waals surface area (Å²) in [5.74, 6) is 1.51. The molecule has 94 valence electrons. The summed E-state index contributed by atoms with van der Waals surface area (Å²) in [5.41, 5.74) is 1.18. The van der Waals surface area contributed by atoms with E-state index in [0.717, 1.165) is 27.4 Å². The summed E-state index contributed by atoms with van der Waals surface area (Å²) < 4.78 is 1.10. The lowest BCUT2D eigenvalue weighted by Crippen LogP contribution is -2.21. The Morgan fingerprint density at radius 1 is 1.41 bits per heavy atom. The van der Waals surface area contributed by atoms with Gasteiger partial charge in [-0.2, -0.15) is 0 Å². The van der Waals surface area contributed by atoms with E-state index in [-0.39, 0.29) is 5.92 Å². The molecule has 0 saturated heterocycles. The Balaban J connectivity index is 2.01. The van der Waals surface area contributed by atoms with Crippen molar-refractivity contribution in [1.29, 1.82) is 0 Å². The lowest BCUT2D eigenvalue weighted by molar-refractivity contribution is 0.0875. The Bertz CT molecular complexity index is 383. The van der Waals surface area contributed by atoms with Crippen molar-refractivity contribution in [2.45, 2.75) is 46.0 Å². The number of carbonyl (C=O) groups is 1. The third kappa shape index (κ3) is 3.00. The molecule has 1 saturated carbocycles. The number of Topliss-reactive ketones (excluding diaryl/α,β-unsaturated/α-hetero) is 1. The van der Waals surface area contributed by atoms with Crippen LogP contribution in [0.4, 0.5) is 0 Å². The molecule has 0 radical (unpaired) electrons. The first-order chi connectivity index (χ1) is 8.11. The quantitative estimate of drug-likeness (QED) is 0.699. The van der Waals surface area contributed by atoms with E-state index in [4.69, 9.17) is 0 Å². The molecule has 1 aromatic heterocycles. The smallest absolute Gasteiger partial charge is 0.175 e. The number of ketones is 1. The van der Waals surface area contributed by atoms with Crippen molar-refractivity contribution in [3.05, 3.63) is 20.3 Å². The van der Waals surface area contributed by atoms with Crippen LogP contribution in [0.5, 0.6) is 0 Å². The molecular weight excluding hydrogens is 296 g/mol. The Hall–Kier alpha value is -0.150. The van der Waals surface area contributed by atoms with Gasteiger partial charge in [-0.25, -0.2) is 0 Å². The van der Waals surface area contributed by atoms with Gasteiger partial charge in [0.1, 0.15) is 0 Å². The molecule has 17 heavy (non-hydrogen) atoms. The van der Waals surface area contributed by atoms with Crippen LogP contribution < -0.4 is 0 Å². The van der Waals surface area contributed by atoms with Crippen LogP contribution in [0.2, 0.25) is 0 Å². The van der Waals surface area contributed by atoms with E-state index in [0.29, 0.717) is 5.78 Å². The molecule has 1 fully saturated rings. The fourth-order valence-corrected chi connectivity index (χ4v) is 4.17. The number of hydrogen-bond acceptors (Lipinski definition) is 2. The van der Waals surface area contributed by atoms with Crippen LogP contribution in [0.25, 0.3) is 0 Å². The van der Waals surface area contributed by atoms with Crippen LogP contribution >= 0.6 is 27.3 Å². The molecule has 0 amide bonds. The summed E-state index contributed by atoms with van der Waals surface area (Å²) in [7, 11) is 0. The van der Waals surface area contributed by atoms with Crippen molar-refractivity contribution >= 4 is 33.0 Å². The highest BCUT2D eigenvalue weighted by Crippen LogP contribution is 2.35. The minimum absolute atomic E-state index is 0.280. The predicted octanol–water partition coefficient (Wildman–Crippen LogP) is 5.22. The zero-order valence-corrected chi connectivity index (χ0v) is 12.9. The molecule has 1 aromatic rings. The molecule has 3 heteroatoms. The third-order valence-corrected chi connectivity index (χ3v) is 6.05. The highest BCUT2D eigenvalue weighted by atomic mass is 79.9. The van der Waals surface area contributed by atoms with E-state index in [2.05, 4.69) is 22.9 Å². The van der Waals surface area contributed by atoms with Crippen LogP contribution in [0, 0.1) is 18.8 Å². The Morgan fingerprint density at radius 3 is 2.53 bits per heavy atom. The number of thiophene rings is 1. The predicted molar refractivity (Wildman–Crippen MR) is 76.8 cm³/mol. The maximum atomic E-state index is 12.3. The zero-order valence-electron chi connectivity index (χ0n) is 10.5. The molecule has 0 aromatic carbocycles. The van der Waals surface area contributed by atoms with E-state index < -0.39 is 0 Å². The summed E-state index contributed by atoms with van der Waals surface area (Å²) in [6.07, 6.45) is 5.92. The minimum Gasteiger partial charge on any atom is -0.293 e. The third-order valence-electron chi connectivity index (χ3n) is 3.89. The summed E-state index contributed by atoms with van der Waals surface area (Å²) in [4.78, 5) is 13.3. The SMILES string of the molecule is CCC1CCC(C(=O)c2cc(C)c(Br)s2)CC1. The van der Waals surface area contributed by atoms with Crippen LogP contribution in [0.3, 0.4) is 0 Å². The lowest BCUT2D eigenvalue weighted by atomic mass is 9.79. The molecule has 0 N–H and O–H groups in total. The van der Waals surface area contributed by atoms with Crippen LogP contribution in [0.1, 0.15) is 54.3 Å². The summed E-state index contributed by atoms with van der Waals surface area (Å²) in [6.45, 7) is 4.30. The van der Waals surface area contributed by atoms with Crippen molar-refractivity contribution in [2.75, 3.05) is 0 Å². The van der Waals surface area contributed by atoms with Crippen molar-refractivity contribution in [1.82, 2.24) is 0 Å². The van der Waals surface area contributed by atoms with Gasteiger partial charge in [0.25, 0.3) is 0 Å². The second-order valence-electron chi connectivity index (χ2n) is 5.06. The molecule has 1 aliphatic rings. The molecular formula is C14H19BrOS. The number of hydrogen-bond donors (Lipinski definition) is 0. The molecule has 0 aliphatic heterocycles. The van der Waals surface area contributed by atoms with Crippen LogP contribution in [-0.2, 0) is 0 Å². The first-order valence-electron chi connectivity index (χ1n) is 6.42. The Kier molecular flexibility index (Phi) is 4.42. The molecule has 1 aliphatic carbocycles. The van der Waals surface area contributed by atoms with Crippen molar-refractivity contribution < 1.29 is 4.79 Å². The number of rotatable bonds is 3. The van der Waals surface area contributed by atoms with Gasteiger partial charge in [0.15, 0.2) is 5.78 Å². The fraction of sp³-hybridized carbons (Fsp3) is 0.643. The highest BCUT2D eigenvalue weighted by Gasteiger charge is 2.27. The van der Waals surface area contributed by atoms with Crippen LogP contribution in [0.15, 0.2) is 9.85 Å². The monoisotopic (exact) mass is 314 g/mol. The lowest BCUT2D eigenvalue weighted by Gasteiger charge is -2.26. The van der Waals surface area contributed by atoms with Gasteiger partial charge in [0, 0.05) is 5.92 Å². The average molecular weight is 315 g/mol. The van der Waals surface area contributed by atoms with Crippen LogP contribution in [-0.4, -0.2) is 5.78 Å². The maximum Gasteiger partial charge on any atom is 0.175 e. The molecule has 0 bridgehead atoms. The summed E-state index contributed by atoms with van der Waals surface area (Å²) in [6, 6.07) is 2.03. The Morgan fingerprint density at radius 2 is 2.06 bits per heavy atom. The highest BCUT2D eigenvalue weighted by molar-refractivity contribution is 9.11. The molecule has 0 atom stereocenters. The van der Waals surface area contributed by atoms with Gasteiger partial charge in [-0.1, -0.05) is 13.3 Å². The van der Waals surface area contributed by atoms with Gasteiger partial charge >= 0.3 is 0 Å². The summed E-state index contributed by atoms with van der Waals surface area (Å²) >= 11 is 5.09. The van der Waals surface area contributed by atoms with E-state index in [1.165, 1.54) is 24.8 Å². The van der Waals surface area contributed by atoms with E-state index in [9.17, 15) is 4.79 Å². The van der Waals surface area contributed by atoms with E-state index in [1.54, 1.807) is 11.3 Å². The zero-order chi connectivity index (χ0) is 12.4. The maximum absolute atomic E-state index is 12.3. The largest absolute Gasteiger partial charge is 0.293 e. The van der Waals surface area contributed by atoms with Crippen molar-refractivity contribution in [3.8, 4) is 0 Å². The molecule has 0 unspecified atom stereocenters. The van der Waals surface area contributed by atoms with Crippen molar-refractivity contribution in [3.63, 3.8) is 0 Å². The first-order valence-corrected chi connectivity index (χ1v) is 8.03.